The Bertz CT molecular complexity index is 267. The van der Waals surface area contributed by atoms with Gasteiger partial charge in [-0.25, -0.2) is 0 Å². The van der Waals surface area contributed by atoms with E-state index in [0.29, 0.717) is 6.61 Å². The first-order valence-electron chi connectivity index (χ1n) is 4.87. The van der Waals surface area contributed by atoms with Crippen molar-refractivity contribution in [1.29, 1.82) is 0 Å². The van der Waals surface area contributed by atoms with Crippen LogP contribution in [0.3, 0.4) is 0 Å². The van der Waals surface area contributed by atoms with Crippen molar-refractivity contribution in [3.63, 3.8) is 0 Å². The minimum Gasteiger partial charge on any atom is -0.409 e. The lowest BCUT2D eigenvalue weighted by Gasteiger charge is -2.19. The highest BCUT2D eigenvalue weighted by Crippen LogP contribution is 2.20. The maximum atomic E-state index is 11.8. The zero-order valence-corrected chi connectivity index (χ0v) is 9.01. The zero-order valence-electron chi connectivity index (χ0n) is 9.01. The summed E-state index contributed by atoms with van der Waals surface area (Å²) >= 11 is 0. The number of carbonyl (C=O) groups is 1. The second kappa shape index (κ2) is 4.97. The smallest absolute Gasteiger partial charge is 0.228 e. The number of nitrogens with zero attached hydrogens (tertiary/aromatic N) is 2. The molecule has 1 saturated heterocycles. The third-order valence-corrected chi connectivity index (χ3v) is 2.45. The van der Waals surface area contributed by atoms with Crippen LogP contribution in [0.15, 0.2) is 5.16 Å². The van der Waals surface area contributed by atoms with Gasteiger partial charge >= 0.3 is 0 Å². The average Bonchev–Trinajstić information content (AvgIpc) is 2.63. The zero-order chi connectivity index (χ0) is 11.4. The van der Waals surface area contributed by atoms with Crippen LogP contribution < -0.4 is 5.73 Å². The number of amidine groups is 1. The van der Waals surface area contributed by atoms with E-state index in [4.69, 9.17) is 15.7 Å². The molecule has 15 heavy (non-hydrogen) atoms. The largest absolute Gasteiger partial charge is 0.409 e. The summed E-state index contributed by atoms with van der Waals surface area (Å²) in [6.45, 7) is 2.54. The number of carbonyl (C=O) groups excluding carboxylic acids is 1. The SMILES string of the molecule is CC1CC(C(=O)N(C)CC(N)=NO)CO1. The van der Waals surface area contributed by atoms with Crippen LogP contribution in [0.5, 0.6) is 0 Å². The molecule has 2 atom stereocenters. The molecule has 86 valence electrons. The summed E-state index contributed by atoms with van der Waals surface area (Å²) < 4.78 is 5.31. The molecule has 0 radical (unpaired) electrons. The Morgan fingerprint density at radius 1 is 1.73 bits per heavy atom. The van der Waals surface area contributed by atoms with Gasteiger partial charge in [-0.3, -0.25) is 4.79 Å². The molecular weight excluding hydrogens is 198 g/mol. The molecule has 1 aliphatic rings. The summed E-state index contributed by atoms with van der Waals surface area (Å²) in [5, 5.41) is 11.2. The maximum Gasteiger partial charge on any atom is 0.228 e. The molecule has 0 spiro atoms. The number of rotatable bonds is 3. The summed E-state index contributed by atoms with van der Waals surface area (Å²) in [5.74, 6) is -0.0970. The van der Waals surface area contributed by atoms with Crippen molar-refractivity contribution < 1.29 is 14.7 Å². The molecule has 6 nitrogen and oxygen atoms in total. The van der Waals surface area contributed by atoms with E-state index < -0.39 is 0 Å². The Hall–Kier alpha value is -1.30. The van der Waals surface area contributed by atoms with Gasteiger partial charge in [0.25, 0.3) is 0 Å². The van der Waals surface area contributed by atoms with E-state index in [1.54, 1.807) is 7.05 Å². The van der Waals surface area contributed by atoms with E-state index in [2.05, 4.69) is 5.16 Å². The van der Waals surface area contributed by atoms with Crippen molar-refractivity contribution in [2.45, 2.75) is 19.4 Å². The van der Waals surface area contributed by atoms with E-state index in [1.807, 2.05) is 6.92 Å². The Labute approximate surface area is 88.7 Å². The molecule has 0 bridgehead atoms. The Morgan fingerprint density at radius 2 is 2.40 bits per heavy atom. The highest BCUT2D eigenvalue weighted by molar-refractivity contribution is 5.87. The van der Waals surface area contributed by atoms with Crippen LogP contribution >= 0.6 is 0 Å². The third-order valence-electron chi connectivity index (χ3n) is 2.45. The van der Waals surface area contributed by atoms with Gasteiger partial charge in [0.1, 0.15) is 0 Å². The van der Waals surface area contributed by atoms with Crippen LogP contribution in [0, 0.1) is 5.92 Å². The van der Waals surface area contributed by atoms with Gasteiger partial charge in [-0.2, -0.15) is 0 Å². The molecule has 0 aromatic carbocycles. The lowest BCUT2D eigenvalue weighted by atomic mass is 10.1. The molecule has 0 saturated carbocycles. The predicted molar refractivity (Wildman–Crippen MR) is 54.6 cm³/mol. The fraction of sp³-hybridized carbons (Fsp3) is 0.778. The highest BCUT2D eigenvalue weighted by atomic mass is 16.5. The highest BCUT2D eigenvalue weighted by Gasteiger charge is 2.30. The Morgan fingerprint density at radius 3 is 2.87 bits per heavy atom. The van der Waals surface area contributed by atoms with Crippen LogP contribution in [0.4, 0.5) is 0 Å². The van der Waals surface area contributed by atoms with Gasteiger partial charge < -0.3 is 20.6 Å². The molecule has 0 aromatic rings. The van der Waals surface area contributed by atoms with Gasteiger partial charge in [-0.1, -0.05) is 5.16 Å². The molecule has 3 N–H and O–H groups in total. The quantitative estimate of drug-likeness (QED) is 0.290. The molecule has 2 unspecified atom stereocenters. The lowest BCUT2D eigenvalue weighted by Crippen LogP contribution is -2.39. The minimum absolute atomic E-state index is 0.0223. The fourth-order valence-corrected chi connectivity index (χ4v) is 1.65. The van der Waals surface area contributed by atoms with Crippen molar-refractivity contribution in [1.82, 2.24) is 4.90 Å². The van der Waals surface area contributed by atoms with Crippen molar-refractivity contribution in [3.05, 3.63) is 0 Å². The lowest BCUT2D eigenvalue weighted by molar-refractivity contribution is -0.133. The van der Waals surface area contributed by atoms with Gasteiger partial charge in [0, 0.05) is 7.05 Å². The molecule has 1 heterocycles. The maximum absolute atomic E-state index is 11.8. The van der Waals surface area contributed by atoms with Gasteiger partial charge in [-0.05, 0) is 13.3 Å². The molecule has 6 heteroatoms. The molecule has 0 aliphatic carbocycles. The van der Waals surface area contributed by atoms with Crippen LogP contribution in [0.1, 0.15) is 13.3 Å². The normalized spacial score (nSPS) is 26.7. The molecule has 1 aliphatic heterocycles. The van der Waals surface area contributed by atoms with Crippen molar-refractivity contribution >= 4 is 11.7 Å². The average molecular weight is 215 g/mol. The number of likely N-dealkylation sites (N-methyl/N-ethyl adjacent to an activating group) is 1. The summed E-state index contributed by atoms with van der Waals surface area (Å²) in [6, 6.07) is 0. The van der Waals surface area contributed by atoms with Crippen LogP contribution in [-0.2, 0) is 9.53 Å². The van der Waals surface area contributed by atoms with E-state index in [-0.39, 0.29) is 30.3 Å². The molecule has 1 fully saturated rings. The Kier molecular flexibility index (Phi) is 3.90. The standard InChI is InChI=1S/C9H17N3O3/c1-6-3-7(5-15-6)9(13)12(2)4-8(10)11-14/h6-7,14H,3-5H2,1-2H3,(H2,10,11). The van der Waals surface area contributed by atoms with Gasteiger partial charge in [-0.15, -0.1) is 0 Å². The number of oxime groups is 1. The van der Waals surface area contributed by atoms with Gasteiger partial charge in [0.15, 0.2) is 5.84 Å². The molecule has 1 amide bonds. The Balaban J connectivity index is 2.46. The topological polar surface area (TPSA) is 88.2 Å². The minimum atomic E-state index is -0.100. The molecule has 0 aromatic heterocycles. The van der Waals surface area contributed by atoms with Gasteiger partial charge in [0.05, 0.1) is 25.2 Å². The molecule has 1 rings (SSSR count). The first-order chi connectivity index (χ1) is 7.04. The number of nitrogens with two attached hydrogens (primary N) is 1. The number of hydrogen-bond acceptors (Lipinski definition) is 4. The second-order valence-electron chi connectivity index (χ2n) is 3.86. The van der Waals surface area contributed by atoms with Crippen molar-refractivity contribution in [2.24, 2.45) is 16.8 Å². The first kappa shape index (κ1) is 11.8. The number of amides is 1. The third kappa shape index (κ3) is 3.09. The van der Waals surface area contributed by atoms with Crippen LogP contribution in [0.25, 0.3) is 0 Å². The number of hydrogen-bond donors (Lipinski definition) is 2. The van der Waals surface area contributed by atoms with Crippen LogP contribution in [-0.4, -0.2) is 48.2 Å². The van der Waals surface area contributed by atoms with Crippen molar-refractivity contribution in [2.75, 3.05) is 20.2 Å². The van der Waals surface area contributed by atoms with E-state index >= 15 is 0 Å². The summed E-state index contributed by atoms with van der Waals surface area (Å²) in [4.78, 5) is 13.2. The van der Waals surface area contributed by atoms with E-state index in [9.17, 15) is 4.79 Å². The summed E-state index contributed by atoms with van der Waals surface area (Å²) in [6.07, 6.45) is 0.871. The fourth-order valence-electron chi connectivity index (χ4n) is 1.65. The van der Waals surface area contributed by atoms with Gasteiger partial charge in [0.2, 0.25) is 5.91 Å². The monoisotopic (exact) mass is 215 g/mol. The predicted octanol–water partition coefficient (Wildman–Crippen LogP) is -0.384. The first-order valence-corrected chi connectivity index (χ1v) is 4.87. The second-order valence-corrected chi connectivity index (χ2v) is 3.86. The number of ether oxygens (including phenoxy) is 1. The summed E-state index contributed by atoms with van der Waals surface area (Å²) in [5.41, 5.74) is 5.31. The molecular formula is C9H17N3O3. The van der Waals surface area contributed by atoms with E-state index in [1.165, 1.54) is 4.90 Å². The summed E-state index contributed by atoms with van der Waals surface area (Å²) in [7, 11) is 1.63. The van der Waals surface area contributed by atoms with Crippen LogP contribution in [0.2, 0.25) is 0 Å². The van der Waals surface area contributed by atoms with E-state index in [0.717, 1.165) is 6.42 Å². The van der Waals surface area contributed by atoms with Crippen molar-refractivity contribution in [3.8, 4) is 0 Å².